The summed E-state index contributed by atoms with van der Waals surface area (Å²) >= 11 is 2.05. The average Bonchev–Trinajstić information content (AvgIpc) is 2.04. The molecule has 0 saturated heterocycles. The van der Waals surface area contributed by atoms with Gasteiger partial charge in [-0.15, -0.1) is 4.91 Å². The Kier molecular flexibility index (Phi) is 2.70. The molecule has 1 rings (SSSR count). The maximum absolute atomic E-state index is 10.3. The van der Waals surface area contributed by atoms with E-state index < -0.39 is 0 Å². The van der Waals surface area contributed by atoms with E-state index in [-0.39, 0.29) is 5.69 Å². The van der Waals surface area contributed by atoms with Gasteiger partial charge in [-0.1, -0.05) is 0 Å². The van der Waals surface area contributed by atoms with Crippen LogP contribution in [0.25, 0.3) is 0 Å². The van der Waals surface area contributed by atoms with Crippen molar-refractivity contribution in [1.29, 1.82) is 0 Å². The SMILES string of the molecule is O=Cc1ccc(I)cc1N=O. The molecule has 3 nitrogen and oxygen atoms in total. The van der Waals surface area contributed by atoms with Gasteiger partial charge in [0.2, 0.25) is 0 Å². The second-order valence-electron chi connectivity index (χ2n) is 1.91. The normalized spacial score (nSPS) is 9.18. The summed E-state index contributed by atoms with van der Waals surface area (Å²) in [6.45, 7) is 0. The Morgan fingerprint density at radius 2 is 2.18 bits per heavy atom. The maximum Gasteiger partial charge on any atom is 0.152 e. The molecule has 0 heterocycles. The molecule has 11 heavy (non-hydrogen) atoms. The quantitative estimate of drug-likeness (QED) is 0.466. The first-order chi connectivity index (χ1) is 5.27. The van der Waals surface area contributed by atoms with Crippen LogP contribution >= 0.6 is 22.6 Å². The lowest BCUT2D eigenvalue weighted by atomic mass is 10.2. The van der Waals surface area contributed by atoms with Crippen molar-refractivity contribution in [3.8, 4) is 0 Å². The summed E-state index contributed by atoms with van der Waals surface area (Å²) in [5.41, 5.74) is 0.535. The van der Waals surface area contributed by atoms with Gasteiger partial charge < -0.3 is 0 Å². The minimum Gasteiger partial charge on any atom is -0.298 e. The number of aldehydes is 1. The molecule has 4 heteroatoms. The molecule has 0 unspecified atom stereocenters. The molecule has 0 aliphatic heterocycles. The Bertz CT molecular complexity index is 298. The van der Waals surface area contributed by atoms with Crippen molar-refractivity contribution < 1.29 is 4.79 Å². The van der Waals surface area contributed by atoms with Gasteiger partial charge in [-0.25, -0.2) is 0 Å². The fourth-order valence-corrected chi connectivity index (χ4v) is 1.17. The number of nitrogens with zero attached hydrogens (tertiary/aromatic N) is 1. The van der Waals surface area contributed by atoms with E-state index in [1.165, 1.54) is 0 Å². The molecule has 0 aliphatic carbocycles. The van der Waals surface area contributed by atoms with Crippen LogP contribution in [0, 0.1) is 8.48 Å². The van der Waals surface area contributed by atoms with Gasteiger partial charge in [-0.05, 0) is 46.0 Å². The van der Waals surface area contributed by atoms with Gasteiger partial charge in [-0.2, -0.15) is 0 Å². The Morgan fingerprint density at radius 1 is 1.45 bits per heavy atom. The minimum absolute atomic E-state index is 0.201. The van der Waals surface area contributed by atoms with Gasteiger partial charge in [0.15, 0.2) is 6.29 Å². The summed E-state index contributed by atoms with van der Waals surface area (Å²) < 4.78 is 0.891. The van der Waals surface area contributed by atoms with Crippen LogP contribution in [-0.2, 0) is 0 Å². The number of carbonyl (C=O) groups excluding carboxylic acids is 1. The molecular weight excluding hydrogens is 257 g/mol. The summed E-state index contributed by atoms with van der Waals surface area (Å²) in [4.78, 5) is 20.4. The molecule has 0 atom stereocenters. The van der Waals surface area contributed by atoms with Gasteiger partial charge in [0, 0.05) is 9.13 Å². The van der Waals surface area contributed by atoms with Crippen LogP contribution in [0.3, 0.4) is 0 Å². The average molecular weight is 261 g/mol. The predicted molar refractivity (Wildman–Crippen MR) is 50.0 cm³/mol. The van der Waals surface area contributed by atoms with Crippen LogP contribution < -0.4 is 0 Å². The summed E-state index contributed by atoms with van der Waals surface area (Å²) in [6.07, 6.45) is 0.618. The highest BCUT2D eigenvalue weighted by molar-refractivity contribution is 14.1. The molecule has 0 fully saturated rings. The summed E-state index contributed by atoms with van der Waals surface area (Å²) in [5, 5.41) is 2.72. The van der Waals surface area contributed by atoms with Crippen molar-refractivity contribution in [3.63, 3.8) is 0 Å². The van der Waals surface area contributed by atoms with Crippen molar-refractivity contribution in [2.75, 3.05) is 0 Å². The molecule has 0 aromatic heterocycles. The molecule has 56 valence electrons. The van der Waals surface area contributed by atoms with Crippen LogP contribution in [-0.4, -0.2) is 6.29 Å². The highest BCUT2D eigenvalue weighted by Crippen LogP contribution is 2.19. The molecule has 0 amide bonds. The molecular formula is C7H4INO2. The van der Waals surface area contributed by atoms with Crippen molar-refractivity contribution in [2.24, 2.45) is 5.18 Å². The predicted octanol–water partition coefficient (Wildman–Crippen LogP) is 2.50. The first kappa shape index (κ1) is 8.32. The zero-order valence-corrected chi connectivity index (χ0v) is 7.61. The van der Waals surface area contributed by atoms with Gasteiger partial charge >= 0.3 is 0 Å². The lowest BCUT2D eigenvalue weighted by Gasteiger charge is -1.94. The molecule has 0 aliphatic rings. The standard InChI is InChI=1S/C7H4INO2/c8-6-2-1-5(4-10)7(3-6)9-11/h1-4H. The molecule has 1 aromatic rings. The second kappa shape index (κ2) is 3.56. The fourth-order valence-electron chi connectivity index (χ4n) is 0.696. The molecule has 0 N–H and O–H groups in total. The van der Waals surface area contributed by atoms with Crippen LogP contribution in [0.2, 0.25) is 0 Å². The van der Waals surface area contributed by atoms with E-state index in [1.54, 1.807) is 18.2 Å². The molecule has 0 spiro atoms. The van der Waals surface area contributed by atoms with E-state index in [9.17, 15) is 9.70 Å². The topological polar surface area (TPSA) is 46.5 Å². The third kappa shape index (κ3) is 1.83. The second-order valence-corrected chi connectivity index (χ2v) is 3.16. The van der Waals surface area contributed by atoms with Crippen LogP contribution in [0.5, 0.6) is 0 Å². The van der Waals surface area contributed by atoms with Crippen molar-refractivity contribution in [1.82, 2.24) is 0 Å². The number of nitroso groups, excluding NO2 is 1. The number of halogens is 1. The highest BCUT2D eigenvalue weighted by Gasteiger charge is 2.00. The van der Waals surface area contributed by atoms with Crippen molar-refractivity contribution in [2.45, 2.75) is 0 Å². The number of rotatable bonds is 2. The number of benzene rings is 1. The third-order valence-electron chi connectivity index (χ3n) is 1.22. The van der Waals surface area contributed by atoms with E-state index in [1.807, 2.05) is 22.6 Å². The van der Waals surface area contributed by atoms with Crippen LogP contribution in [0.15, 0.2) is 23.4 Å². The molecule has 1 aromatic carbocycles. The third-order valence-corrected chi connectivity index (χ3v) is 1.89. The lowest BCUT2D eigenvalue weighted by Crippen LogP contribution is -1.80. The zero-order chi connectivity index (χ0) is 8.27. The largest absolute Gasteiger partial charge is 0.298 e. The summed E-state index contributed by atoms with van der Waals surface area (Å²) in [5.74, 6) is 0. The Hall–Kier alpha value is -0.780. The summed E-state index contributed by atoms with van der Waals surface area (Å²) in [6, 6.07) is 4.89. The smallest absolute Gasteiger partial charge is 0.152 e. The monoisotopic (exact) mass is 261 g/mol. The first-order valence-corrected chi connectivity index (χ1v) is 3.94. The van der Waals surface area contributed by atoms with E-state index in [0.717, 1.165) is 3.57 Å². The molecule has 0 bridgehead atoms. The first-order valence-electron chi connectivity index (χ1n) is 2.86. The zero-order valence-electron chi connectivity index (χ0n) is 5.45. The van der Waals surface area contributed by atoms with E-state index in [4.69, 9.17) is 0 Å². The van der Waals surface area contributed by atoms with Crippen molar-refractivity contribution in [3.05, 3.63) is 32.2 Å². The Morgan fingerprint density at radius 3 is 2.73 bits per heavy atom. The maximum atomic E-state index is 10.3. The number of carbonyl (C=O) groups is 1. The van der Waals surface area contributed by atoms with Gasteiger partial charge in [-0.3, -0.25) is 4.79 Å². The number of hydrogen-bond donors (Lipinski definition) is 0. The van der Waals surface area contributed by atoms with Crippen LogP contribution in [0.4, 0.5) is 5.69 Å². The van der Waals surface area contributed by atoms with Gasteiger partial charge in [0.05, 0.1) is 0 Å². The highest BCUT2D eigenvalue weighted by atomic mass is 127. The Balaban J connectivity index is 3.26. The van der Waals surface area contributed by atoms with Crippen LogP contribution in [0.1, 0.15) is 10.4 Å². The van der Waals surface area contributed by atoms with Gasteiger partial charge in [0.1, 0.15) is 5.69 Å². The lowest BCUT2D eigenvalue weighted by molar-refractivity contribution is 0.112. The van der Waals surface area contributed by atoms with Crippen molar-refractivity contribution >= 4 is 34.6 Å². The minimum atomic E-state index is 0.201. The van der Waals surface area contributed by atoms with E-state index in [2.05, 4.69) is 5.18 Å². The number of hydrogen-bond acceptors (Lipinski definition) is 3. The molecule has 0 radical (unpaired) electrons. The Labute approximate surface area is 76.9 Å². The fraction of sp³-hybridized carbons (Fsp3) is 0. The summed E-state index contributed by atoms with van der Waals surface area (Å²) in [7, 11) is 0. The van der Waals surface area contributed by atoms with E-state index >= 15 is 0 Å². The molecule has 0 saturated carbocycles. The van der Waals surface area contributed by atoms with Gasteiger partial charge in [0.25, 0.3) is 0 Å². The van der Waals surface area contributed by atoms with E-state index in [0.29, 0.717) is 11.8 Å².